The topological polar surface area (TPSA) is 29.9 Å². The maximum absolute atomic E-state index is 13.4. The molecule has 0 saturated heterocycles. The van der Waals surface area contributed by atoms with E-state index in [2.05, 4.69) is 10.4 Å². The van der Waals surface area contributed by atoms with Crippen molar-refractivity contribution in [2.75, 3.05) is 0 Å². The van der Waals surface area contributed by atoms with Crippen molar-refractivity contribution in [2.45, 2.75) is 20.0 Å². The van der Waals surface area contributed by atoms with E-state index < -0.39 is 0 Å². The number of benzene rings is 1. The van der Waals surface area contributed by atoms with E-state index in [0.29, 0.717) is 18.7 Å². The average molecular weight is 233 g/mol. The van der Waals surface area contributed by atoms with Gasteiger partial charge in [-0.05, 0) is 19.1 Å². The van der Waals surface area contributed by atoms with Gasteiger partial charge in [-0.15, -0.1) is 0 Å². The van der Waals surface area contributed by atoms with Crippen LogP contribution in [-0.4, -0.2) is 9.78 Å². The van der Waals surface area contributed by atoms with Crippen molar-refractivity contribution in [3.63, 3.8) is 0 Å². The van der Waals surface area contributed by atoms with E-state index in [0.717, 1.165) is 11.3 Å². The number of aryl methyl sites for hydroxylation is 2. The summed E-state index contributed by atoms with van der Waals surface area (Å²) >= 11 is 0. The largest absolute Gasteiger partial charge is 0.307 e. The molecular formula is C13H16FN3. The predicted molar refractivity (Wildman–Crippen MR) is 64.9 cm³/mol. The van der Waals surface area contributed by atoms with Crippen LogP contribution in [-0.2, 0) is 20.1 Å². The highest BCUT2D eigenvalue weighted by molar-refractivity contribution is 5.23. The summed E-state index contributed by atoms with van der Waals surface area (Å²) in [5.41, 5.74) is 2.72. The highest BCUT2D eigenvalue weighted by atomic mass is 19.1. The molecule has 1 aromatic heterocycles. The number of halogens is 1. The summed E-state index contributed by atoms with van der Waals surface area (Å²) in [6, 6.07) is 7.09. The van der Waals surface area contributed by atoms with Crippen molar-refractivity contribution in [1.82, 2.24) is 15.1 Å². The zero-order valence-corrected chi connectivity index (χ0v) is 10.1. The van der Waals surface area contributed by atoms with Gasteiger partial charge in [0.05, 0.1) is 5.69 Å². The van der Waals surface area contributed by atoms with Gasteiger partial charge in [-0.3, -0.25) is 4.68 Å². The molecule has 3 nitrogen and oxygen atoms in total. The predicted octanol–water partition coefficient (Wildman–Crippen LogP) is 2.16. The first kappa shape index (κ1) is 11.8. The van der Waals surface area contributed by atoms with Gasteiger partial charge in [-0.1, -0.05) is 17.7 Å². The molecule has 17 heavy (non-hydrogen) atoms. The molecule has 0 amide bonds. The first-order chi connectivity index (χ1) is 8.15. The van der Waals surface area contributed by atoms with Crippen LogP contribution in [0.5, 0.6) is 0 Å². The molecule has 0 unspecified atom stereocenters. The number of nitrogens with one attached hydrogen (secondary N) is 1. The van der Waals surface area contributed by atoms with Crippen molar-refractivity contribution in [3.8, 4) is 0 Å². The van der Waals surface area contributed by atoms with Crippen LogP contribution in [0, 0.1) is 12.7 Å². The molecule has 0 aliphatic rings. The molecule has 0 atom stereocenters. The minimum Gasteiger partial charge on any atom is -0.307 e. The van der Waals surface area contributed by atoms with Gasteiger partial charge in [0.1, 0.15) is 5.82 Å². The van der Waals surface area contributed by atoms with Gasteiger partial charge in [-0.2, -0.15) is 5.10 Å². The average Bonchev–Trinajstić information content (AvgIpc) is 2.69. The Kier molecular flexibility index (Phi) is 3.54. The Morgan fingerprint density at radius 2 is 2.12 bits per heavy atom. The van der Waals surface area contributed by atoms with E-state index >= 15 is 0 Å². The summed E-state index contributed by atoms with van der Waals surface area (Å²) in [5, 5.41) is 7.43. The lowest BCUT2D eigenvalue weighted by Crippen LogP contribution is -2.14. The molecular weight excluding hydrogens is 217 g/mol. The summed E-state index contributed by atoms with van der Waals surface area (Å²) in [4.78, 5) is 0. The third-order valence-corrected chi connectivity index (χ3v) is 2.59. The molecule has 0 aliphatic heterocycles. The summed E-state index contributed by atoms with van der Waals surface area (Å²) in [7, 11) is 1.88. The number of hydrogen-bond donors (Lipinski definition) is 1. The molecule has 2 rings (SSSR count). The first-order valence-electron chi connectivity index (χ1n) is 5.59. The lowest BCUT2D eigenvalue weighted by atomic mass is 10.1. The number of rotatable bonds is 4. The monoisotopic (exact) mass is 233 g/mol. The number of aromatic nitrogens is 2. The van der Waals surface area contributed by atoms with E-state index in [9.17, 15) is 4.39 Å². The Hall–Kier alpha value is -1.68. The van der Waals surface area contributed by atoms with Gasteiger partial charge in [0.15, 0.2) is 0 Å². The SMILES string of the molecule is Cc1ccc(F)c(CNCc2ccn(C)n2)c1. The molecule has 1 heterocycles. The summed E-state index contributed by atoms with van der Waals surface area (Å²) in [5.74, 6) is -0.163. The van der Waals surface area contributed by atoms with Crippen molar-refractivity contribution >= 4 is 0 Å². The van der Waals surface area contributed by atoms with Crippen molar-refractivity contribution in [3.05, 3.63) is 53.1 Å². The Morgan fingerprint density at radius 3 is 2.82 bits per heavy atom. The van der Waals surface area contributed by atoms with Crippen LogP contribution in [0.3, 0.4) is 0 Å². The minimum atomic E-state index is -0.163. The molecule has 0 saturated carbocycles. The van der Waals surface area contributed by atoms with Crippen LogP contribution < -0.4 is 5.32 Å². The van der Waals surface area contributed by atoms with Crippen LogP contribution in [0.2, 0.25) is 0 Å². The second-order valence-corrected chi connectivity index (χ2v) is 4.18. The summed E-state index contributed by atoms with van der Waals surface area (Å²) < 4.78 is 15.2. The fourth-order valence-electron chi connectivity index (χ4n) is 1.72. The zero-order chi connectivity index (χ0) is 12.3. The van der Waals surface area contributed by atoms with Gasteiger partial charge in [-0.25, -0.2) is 4.39 Å². The van der Waals surface area contributed by atoms with Gasteiger partial charge >= 0.3 is 0 Å². The third-order valence-electron chi connectivity index (χ3n) is 2.59. The Bertz CT molecular complexity index is 505. The number of hydrogen-bond acceptors (Lipinski definition) is 2. The zero-order valence-electron chi connectivity index (χ0n) is 10.1. The molecule has 4 heteroatoms. The molecule has 0 radical (unpaired) electrons. The Balaban J connectivity index is 1.91. The quantitative estimate of drug-likeness (QED) is 0.877. The van der Waals surface area contributed by atoms with Crippen LogP contribution in [0.1, 0.15) is 16.8 Å². The van der Waals surface area contributed by atoms with E-state index in [1.54, 1.807) is 10.7 Å². The van der Waals surface area contributed by atoms with Crippen LogP contribution in [0.4, 0.5) is 4.39 Å². The number of nitrogens with zero attached hydrogens (tertiary/aromatic N) is 2. The second kappa shape index (κ2) is 5.10. The van der Waals surface area contributed by atoms with E-state index in [1.807, 2.05) is 32.3 Å². The summed E-state index contributed by atoms with van der Waals surface area (Å²) in [6.45, 7) is 3.13. The van der Waals surface area contributed by atoms with Crippen LogP contribution in [0.15, 0.2) is 30.5 Å². The van der Waals surface area contributed by atoms with Gasteiger partial charge in [0.2, 0.25) is 0 Å². The second-order valence-electron chi connectivity index (χ2n) is 4.18. The highest BCUT2D eigenvalue weighted by Crippen LogP contribution is 2.09. The van der Waals surface area contributed by atoms with Gasteiger partial charge in [0.25, 0.3) is 0 Å². The maximum atomic E-state index is 13.4. The van der Waals surface area contributed by atoms with E-state index in [4.69, 9.17) is 0 Å². The lowest BCUT2D eigenvalue weighted by molar-refractivity contribution is 0.583. The van der Waals surface area contributed by atoms with Gasteiger partial charge < -0.3 is 5.32 Å². The summed E-state index contributed by atoms with van der Waals surface area (Å²) in [6.07, 6.45) is 1.89. The molecule has 0 aliphatic carbocycles. The molecule has 2 aromatic rings. The van der Waals surface area contributed by atoms with Gasteiger partial charge in [0, 0.05) is 31.9 Å². The Morgan fingerprint density at radius 1 is 1.29 bits per heavy atom. The normalized spacial score (nSPS) is 10.8. The molecule has 90 valence electrons. The van der Waals surface area contributed by atoms with Crippen LogP contribution >= 0.6 is 0 Å². The van der Waals surface area contributed by atoms with E-state index in [-0.39, 0.29) is 5.82 Å². The molecule has 0 fully saturated rings. The van der Waals surface area contributed by atoms with Crippen LogP contribution in [0.25, 0.3) is 0 Å². The molecule has 0 bridgehead atoms. The molecule has 1 aromatic carbocycles. The Labute approximate surface area is 100 Å². The minimum absolute atomic E-state index is 0.163. The fraction of sp³-hybridized carbons (Fsp3) is 0.308. The maximum Gasteiger partial charge on any atom is 0.127 e. The van der Waals surface area contributed by atoms with Crippen molar-refractivity contribution < 1.29 is 4.39 Å². The molecule has 0 spiro atoms. The highest BCUT2D eigenvalue weighted by Gasteiger charge is 2.02. The third kappa shape index (κ3) is 3.14. The van der Waals surface area contributed by atoms with E-state index in [1.165, 1.54) is 6.07 Å². The lowest BCUT2D eigenvalue weighted by Gasteiger charge is -2.05. The smallest absolute Gasteiger partial charge is 0.127 e. The first-order valence-corrected chi connectivity index (χ1v) is 5.59. The fourth-order valence-corrected chi connectivity index (χ4v) is 1.72. The molecule has 1 N–H and O–H groups in total. The van der Waals surface area contributed by atoms with Crippen molar-refractivity contribution in [2.24, 2.45) is 7.05 Å². The van der Waals surface area contributed by atoms with Crippen molar-refractivity contribution in [1.29, 1.82) is 0 Å². The standard InChI is InChI=1S/C13H16FN3/c1-10-3-4-13(14)11(7-10)8-15-9-12-5-6-17(2)16-12/h3-7,15H,8-9H2,1-2H3.